The predicted molar refractivity (Wildman–Crippen MR) is 141 cm³/mol. The molecule has 0 heterocycles. The molecule has 0 aliphatic heterocycles. The van der Waals surface area contributed by atoms with Crippen molar-refractivity contribution < 1.29 is 29.1 Å². The van der Waals surface area contributed by atoms with Crippen LogP contribution in [0.5, 0.6) is 5.75 Å². The van der Waals surface area contributed by atoms with Crippen molar-refractivity contribution in [1.29, 1.82) is 0 Å². The molecule has 0 bridgehead atoms. The number of hydrogen-bond acceptors (Lipinski definition) is 6. The highest BCUT2D eigenvalue weighted by Gasteiger charge is 2.20. The quantitative estimate of drug-likeness (QED) is 0.243. The van der Waals surface area contributed by atoms with Crippen LogP contribution in [0.4, 0.5) is 16.2 Å². The Hall–Kier alpha value is -3.66. The zero-order chi connectivity index (χ0) is 27.4. The van der Waals surface area contributed by atoms with Crippen molar-refractivity contribution in [3.8, 4) is 5.75 Å². The Morgan fingerprint density at radius 3 is 2.35 bits per heavy atom. The average Bonchev–Trinajstić information content (AvgIpc) is 2.87. The summed E-state index contributed by atoms with van der Waals surface area (Å²) in [6.07, 6.45) is 1.18. The number of carboxylic acid groups (broad SMARTS) is 1. The second-order valence-electron chi connectivity index (χ2n) is 8.80. The van der Waals surface area contributed by atoms with Gasteiger partial charge in [0.2, 0.25) is 0 Å². The Kier molecular flexibility index (Phi) is 11.8. The molecule has 2 N–H and O–H groups in total. The third-order valence-corrected chi connectivity index (χ3v) is 6.20. The van der Waals surface area contributed by atoms with Crippen LogP contribution in [0, 0.1) is 23.0 Å². The maximum absolute atomic E-state index is 13.1. The van der Waals surface area contributed by atoms with Crippen LogP contribution >= 0.6 is 0 Å². The minimum Gasteiger partial charge on any atom is -0.492 e. The molecule has 2 aromatic rings. The first kappa shape index (κ1) is 29.6. The summed E-state index contributed by atoms with van der Waals surface area (Å²) in [6.45, 7) is 8.98. The van der Waals surface area contributed by atoms with Crippen molar-refractivity contribution in [3.05, 3.63) is 63.7 Å². The summed E-state index contributed by atoms with van der Waals surface area (Å²) in [7, 11) is 0. The number of carboxylic acids is 1. The Bertz CT molecular complexity index is 1040. The van der Waals surface area contributed by atoms with Crippen LogP contribution in [-0.4, -0.2) is 59.3 Å². The van der Waals surface area contributed by atoms with Crippen LogP contribution in [0.25, 0.3) is 0 Å². The normalized spacial score (nSPS) is 11.7. The summed E-state index contributed by atoms with van der Waals surface area (Å²) in [6, 6.07) is 11.4. The molecule has 0 fully saturated rings. The molecule has 2 amide bonds. The Morgan fingerprint density at radius 2 is 1.78 bits per heavy atom. The molecule has 0 saturated carbocycles. The molecule has 2 rings (SSSR count). The van der Waals surface area contributed by atoms with Crippen molar-refractivity contribution in [3.63, 3.8) is 0 Å². The molecule has 10 heteroatoms. The third kappa shape index (κ3) is 9.38. The fourth-order valence-corrected chi connectivity index (χ4v) is 3.85. The van der Waals surface area contributed by atoms with E-state index in [2.05, 4.69) is 19.2 Å². The fraction of sp³-hybridized carbons (Fsp3) is 0.481. The summed E-state index contributed by atoms with van der Waals surface area (Å²) < 4.78 is 11.1. The molecular weight excluding hydrogens is 478 g/mol. The number of rotatable bonds is 15. The van der Waals surface area contributed by atoms with Gasteiger partial charge < -0.3 is 24.8 Å². The largest absolute Gasteiger partial charge is 0.492 e. The Morgan fingerprint density at radius 1 is 1.11 bits per heavy atom. The number of aliphatic carboxylic acids is 1. The van der Waals surface area contributed by atoms with E-state index in [1.54, 1.807) is 55.1 Å². The monoisotopic (exact) mass is 515 g/mol. The lowest BCUT2D eigenvalue weighted by Crippen LogP contribution is -2.40. The minimum absolute atomic E-state index is 0.0490. The second-order valence-corrected chi connectivity index (χ2v) is 8.80. The van der Waals surface area contributed by atoms with E-state index >= 15 is 0 Å². The summed E-state index contributed by atoms with van der Waals surface area (Å²) in [5, 5.41) is 23.3. The van der Waals surface area contributed by atoms with E-state index in [0.29, 0.717) is 42.6 Å². The summed E-state index contributed by atoms with van der Waals surface area (Å²) in [5.74, 6) is -0.0905. The van der Waals surface area contributed by atoms with E-state index < -0.39 is 17.0 Å². The van der Waals surface area contributed by atoms with E-state index in [4.69, 9.17) is 9.47 Å². The van der Waals surface area contributed by atoms with Crippen LogP contribution in [0.2, 0.25) is 0 Å². The van der Waals surface area contributed by atoms with Crippen LogP contribution in [0.1, 0.15) is 44.7 Å². The van der Waals surface area contributed by atoms with Crippen molar-refractivity contribution in [2.24, 2.45) is 5.92 Å². The molecule has 0 aliphatic carbocycles. The zero-order valence-corrected chi connectivity index (χ0v) is 21.9. The van der Waals surface area contributed by atoms with E-state index in [-0.39, 0.29) is 24.7 Å². The van der Waals surface area contributed by atoms with Crippen LogP contribution < -0.4 is 10.1 Å². The van der Waals surface area contributed by atoms with Crippen molar-refractivity contribution in [2.75, 3.05) is 31.6 Å². The second kappa shape index (κ2) is 14.8. The number of anilines is 1. The number of nitro benzene ring substituents is 1. The van der Waals surface area contributed by atoms with Crippen molar-refractivity contribution in [1.82, 2.24) is 4.90 Å². The number of ether oxygens (including phenoxy) is 2. The molecule has 1 atom stereocenters. The highest BCUT2D eigenvalue weighted by molar-refractivity contribution is 5.89. The number of aryl methyl sites for hydroxylation is 1. The van der Waals surface area contributed by atoms with Crippen LogP contribution in [0.3, 0.4) is 0 Å². The molecule has 37 heavy (non-hydrogen) atoms. The van der Waals surface area contributed by atoms with E-state index in [0.717, 1.165) is 18.4 Å². The fourth-order valence-electron chi connectivity index (χ4n) is 3.85. The molecule has 0 aromatic heterocycles. The Balaban J connectivity index is 2.02. The predicted octanol–water partition coefficient (Wildman–Crippen LogP) is 5.28. The number of amides is 2. The van der Waals surface area contributed by atoms with Gasteiger partial charge in [-0.05, 0) is 43.5 Å². The smallest absolute Gasteiger partial charge is 0.333 e. The number of nitro groups is 1. The highest BCUT2D eigenvalue weighted by Crippen LogP contribution is 2.23. The van der Waals surface area contributed by atoms with Gasteiger partial charge in [0, 0.05) is 36.9 Å². The molecule has 0 aliphatic rings. The highest BCUT2D eigenvalue weighted by atomic mass is 16.6. The number of carbonyl (C=O) groups is 2. The Labute approximate surface area is 217 Å². The first-order chi connectivity index (χ1) is 17.7. The van der Waals surface area contributed by atoms with Gasteiger partial charge in [-0.3, -0.25) is 10.1 Å². The molecule has 202 valence electrons. The third-order valence-electron chi connectivity index (χ3n) is 6.20. The lowest BCUT2D eigenvalue weighted by molar-refractivity contribution is -0.385. The lowest BCUT2D eigenvalue weighted by Gasteiger charge is -2.27. The van der Waals surface area contributed by atoms with Gasteiger partial charge in [0.1, 0.15) is 12.4 Å². The topological polar surface area (TPSA) is 131 Å². The molecule has 0 radical (unpaired) electrons. The van der Waals surface area contributed by atoms with Crippen LogP contribution in [-0.2, 0) is 16.0 Å². The van der Waals surface area contributed by atoms with E-state index in [1.807, 2.05) is 0 Å². The number of nitrogens with one attached hydrogen (secondary N) is 1. The number of hydrogen-bond donors (Lipinski definition) is 2. The van der Waals surface area contributed by atoms with Crippen molar-refractivity contribution >= 4 is 23.4 Å². The van der Waals surface area contributed by atoms with Gasteiger partial charge in [0.15, 0.2) is 6.10 Å². The summed E-state index contributed by atoms with van der Waals surface area (Å²) in [4.78, 5) is 36.8. The molecule has 0 saturated heterocycles. The summed E-state index contributed by atoms with van der Waals surface area (Å²) >= 11 is 0. The van der Waals surface area contributed by atoms with Crippen LogP contribution in [0.15, 0.2) is 42.5 Å². The molecule has 2 aromatic carbocycles. The first-order valence-electron chi connectivity index (χ1n) is 12.5. The van der Waals surface area contributed by atoms with Gasteiger partial charge in [-0.15, -0.1) is 0 Å². The van der Waals surface area contributed by atoms with Gasteiger partial charge in [0.25, 0.3) is 5.69 Å². The maximum atomic E-state index is 13.1. The molecular formula is C27H37N3O7. The van der Waals surface area contributed by atoms with E-state index in [1.165, 1.54) is 6.07 Å². The number of urea groups is 1. The maximum Gasteiger partial charge on any atom is 0.333 e. The van der Waals surface area contributed by atoms with Gasteiger partial charge >= 0.3 is 12.0 Å². The van der Waals surface area contributed by atoms with E-state index in [9.17, 15) is 24.8 Å². The van der Waals surface area contributed by atoms with Gasteiger partial charge in [-0.25, -0.2) is 9.59 Å². The summed E-state index contributed by atoms with van der Waals surface area (Å²) in [5.41, 5.74) is 1.65. The molecule has 0 spiro atoms. The molecule has 10 nitrogen and oxygen atoms in total. The lowest BCUT2D eigenvalue weighted by atomic mass is 10.0. The van der Waals surface area contributed by atoms with Gasteiger partial charge in [-0.2, -0.15) is 0 Å². The molecule has 1 unspecified atom stereocenters. The zero-order valence-electron chi connectivity index (χ0n) is 21.9. The SMILES string of the molecule is CCOC(Cc1ccc(OCCN(CC(CC)CC)C(=O)Nc2ccc(C)c([N+](=O)[O-])c2)cc1)C(=O)O. The van der Waals surface area contributed by atoms with Gasteiger partial charge in [0.05, 0.1) is 11.5 Å². The number of carbonyl (C=O) groups excluding carboxylic acids is 1. The average molecular weight is 516 g/mol. The number of benzene rings is 2. The standard InChI is InChI=1S/C27H37N3O7/c1-5-20(6-2)18-29(27(33)28-22-11-8-19(4)24(17-22)30(34)35)14-15-37-23-12-9-21(10-13-23)16-25(26(31)32)36-7-3/h8-13,17,20,25H,5-7,14-16,18H2,1-4H3,(H,28,33)(H,31,32). The van der Waals surface area contributed by atoms with Crippen molar-refractivity contribution in [2.45, 2.75) is 53.1 Å². The van der Waals surface area contributed by atoms with Gasteiger partial charge in [-0.1, -0.05) is 44.9 Å². The first-order valence-corrected chi connectivity index (χ1v) is 12.5. The number of nitrogens with zero attached hydrogens (tertiary/aromatic N) is 2. The minimum atomic E-state index is -1.00.